The van der Waals surface area contributed by atoms with Crippen LogP contribution in [0.5, 0.6) is 11.5 Å². The fourth-order valence-corrected chi connectivity index (χ4v) is 6.33. The van der Waals surface area contributed by atoms with Crippen molar-refractivity contribution in [2.75, 3.05) is 0 Å². The number of hydrogen-bond acceptors (Lipinski definition) is 14. The molecule has 48 heavy (non-hydrogen) atoms. The Bertz CT molecular complexity index is 2210. The van der Waals surface area contributed by atoms with Crippen molar-refractivity contribution in [2.45, 2.75) is 19.6 Å². The number of hydrogen-bond donors (Lipinski definition) is 6. The van der Waals surface area contributed by atoms with E-state index in [-0.39, 0.29) is 118 Å². The zero-order valence-electron chi connectivity index (χ0n) is 21.1. The monoisotopic (exact) mass is 784 g/mol. The molecule has 0 spiro atoms. The molecule has 240 valence electrons. The average molecular weight is 785 g/mol. The molecule has 0 aliphatic rings. The second-order valence-corrected chi connectivity index (χ2v) is 14.0. The van der Waals surface area contributed by atoms with Gasteiger partial charge in [0.15, 0.2) is 11.5 Å². The number of azo groups is 2. The van der Waals surface area contributed by atoms with Gasteiger partial charge in [-0.3, -0.25) is 18.2 Å². The molecule has 0 radical (unpaired) electrons. The van der Waals surface area contributed by atoms with Crippen molar-refractivity contribution in [3.8, 4) is 11.5 Å². The van der Waals surface area contributed by atoms with Crippen molar-refractivity contribution >= 4 is 192 Å². The molecule has 6 N–H and O–H groups in total. The number of phenols is 2. The van der Waals surface area contributed by atoms with Crippen LogP contribution in [-0.2, 0) is 40.5 Å². The summed E-state index contributed by atoms with van der Waals surface area (Å²) in [4.78, 5) is -4.03. The van der Waals surface area contributed by atoms with Crippen molar-refractivity contribution in [1.29, 1.82) is 0 Å². The second kappa shape index (κ2) is 17.9. The van der Waals surface area contributed by atoms with E-state index in [2.05, 4.69) is 20.5 Å². The SMILES string of the molecule is O=S(=O)(O)c1ccccc1N=Nc1c(S(=O)(=O)O)cc2cc(S(=O)(=O)O)c(N=Nc3ccccc3S(=O)(=O)O)c(O)c2c1O.[NaH].[NaH].[NaH].[NaH]. The van der Waals surface area contributed by atoms with Gasteiger partial charge in [-0.15, -0.1) is 20.5 Å². The van der Waals surface area contributed by atoms with Crippen LogP contribution < -0.4 is 0 Å². The van der Waals surface area contributed by atoms with Gasteiger partial charge in [0.05, 0.1) is 5.39 Å². The molecule has 0 aliphatic carbocycles. The molecule has 0 amide bonds. The summed E-state index contributed by atoms with van der Waals surface area (Å²) in [6.45, 7) is 0. The van der Waals surface area contributed by atoms with Crippen LogP contribution in [0.2, 0.25) is 0 Å². The molecule has 0 aliphatic heterocycles. The zero-order chi connectivity index (χ0) is 32.8. The summed E-state index contributed by atoms with van der Waals surface area (Å²) in [5.41, 5.74) is -3.35. The molecule has 0 saturated carbocycles. The number of aromatic hydroxyl groups is 2. The molecule has 0 heterocycles. The molecular formula is C22H20N4Na4O14S4. The van der Waals surface area contributed by atoms with E-state index in [1.807, 2.05) is 0 Å². The van der Waals surface area contributed by atoms with Crippen LogP contribution in [0.25, 0.3) is 10.8 Å². The van der Waals surface area contributed by atoms with Gasteiger partial charge in [-0.05, 0) is 41.8 Å². The third kappa shape index (κ3) is 10.8. The van der Waals surface area contributed by atoms with Crippen LogP contribution in [0.1, 0.15) is 0 Å². The molecular weight excluding hydrogens is 764 g/mol. The maximum atomic E-state index is 12.2. The molecule has 0 fully saturated rings. The van der Waals surface area contributed by atoms with E-state index in [9.17, 15) is 62.1 Å². The first-order valence-corrected chi connectivity index (χ1v) is 16.9. The topological polar surface area (TPSA) is 307 Å². The van der Waals surface area contributed by atoms with Crippen molar-refractivity contribution in [2.24, 2.45) is 20.5 Å². The summed E-state index contributed by atoms with van der Waals surface area (Å²) in [7, 11) is -20.4. The Morgan fingerprint density at radius 1 is 0.438 bits per heavy atom. The van der Waals surface area contributed by atoms with E-state index in [0.717, 1.165) is 24.3 Å². The molecule has 4 rings (SSSR count). The third-order valence-electron chi connectivity index (χ3n) is 5.61. The van der Waals surface area contributed by atoms with Crippen LogP contribution in [0.15, 0.2) is 101 Å². The number of nitrogens with zero attached hydrogens (tertiary/aromatic N) is 4. The third-order valence-corrected chi connectivity index (χ3v) is 9.14. The van der Waals surface area contributed by atoms with Crippen LogP contribution in [0, 0.1) is 0 Å². The van der Waals surface area contributed by atoms with E-state index in [1.165, 1.54) is 24.3 Å². The quantitative estimate of drug-likeness (QED) is 0.0838. The summed E-state index contributed by atoms with van der Waals surface area (Å²) in [6, 6.07) is 9.81. The van der Waals surface area contributed by atoms with Crippen molar-refractivity contribution in [3.63, 3.8) is 0 Å². The number of fused-ring (bicyclic) bond motifs is 1. The van der Waals surface area contributed by atoms with Gasteiger partial charge in [0.1, 0.15) is 42.3 Å². The number of benzene rings is 4. The van der Waals surface area contributed by atoms with Gasteiger partial charge < -0.3 is 10.2 Å². The van der Waals surface area contributed by atoms with Gasteiger partial charge in [-0.1, -0.05) is 24.3 Å². The first kappa shape index (κ1) is 47.6. The molecule has 0 bridgehead atoms. The van der Waals surface area contributed by atoms with Gasteiger partial charge >= 0.3 is 118 Å². The van der Waals surface area contributed by atoms with Crippen LogP contribution in [0.4, 0.5) is 22.7 Å². The minimum atomic E-state index is -5.32. The maximum absolute atomic E-state index is 12.2. The molecule has 0 saturated heterocycles. The van der Waals surface area contributed by atoms with Crippen molar-refractivity contribution in [1.82, 2.24) is 0 Å². The Kier molecular flexibility index (Phi) is 17.7. The molecule has 18 nitrogen and oxygen atoms in total. The van der Waals surface area contributed by atoms with Crippen LogP contribution in [0.3, 0.4) is 0 Å². The van der Waals surface area contributed by atoms with Gasteiger partial charge in [0, 0.05) is 0 Å². The van der Waals surface area contributed by atoms with E-state index >= 15 is 0 Å². The predicted octanol–water partition coefficient (Wildman–Crippen LogP) is 1.47. The Hall–Kier alpha value is -0.420. The Morgan fingerprint density at radius 2 is 0.729 bits per heavy atom. The van der Waals surface area contributed by atoms with Crippen LogP contribution >= 0.6 is 0 Å². The molecule has 0 unspecified atom stereocenters. The summed E-state index contributed by atoms with van der Waals surface area (Å²) in [6.07, 6.45) is 0. The minimum absolute atomic E-state index is 0. The first-order valence-electron chi connectivity index (χ1n) is 11.2. The van der Waals surface area contributed by atoms with E-state index in [0.29, 0.717) is 12.1 Å². The summed E-state index contributed by atoms with van der Waals surface area (Å²) < 4.78 is 134. The van der Waals surface area contributed by atoms with Gasteiger partial charge in [0.25, 0.3) is 40.5 Å². The van der Waals surface area contributed by atoms with Crippen molar-refractivity contribution in [3.05, 3.63) is 60.7 Å². The van der Waals surface area contributed by atoms with Gasteiger partial charge in [0.2, 0.25) is 0 Å². The van der Waals surface area contributed by atoms with E-state index in [4.69, 9.17) is 0 Å². The number of rotatable bonds is 8. The van der Waals surface area contributed by atoms with Crippen molar-refractivity contribution < 1.29 is 62.1 Å². The predicted molar refractivity (Wildman–Crippen MR) is 176 cm³/mol. The Balaban J connectivity index is 0.00000552. The Labute approximate surface area is 361 Å². The van der Waals surface area contributed by atoms with E-state index < -0.39 is 105 Å². The van der Waals surface area contributed by atoms with E-state index in [1.54, 1.807) is 0 Å². The van der Waals surface area contributed by atoms with Crippen LogP contribution in [-0.4, -0.2) is 180 Å². The first-order chi connectivity index (χ1) is 20.2. The summed E-state index contributed by atoms with van der Waals surface area (Å²) in [5.74, 6) is -2.59. The second-order valence-electron chi connectivity index (χ2n) is 8.48. The van der Waals surface area contributed by atoms with Gasteiger partial charge in [-0.2, -0.15) is 33.7 Å². The molecule has 0 atom stereocenters. The molecule has 4 aromatic rings. The fraction of sp³-hybridized carbons (Fsp3) is 0. The molecule has 4 aromatic carbocycles. The zero-order valence-corrected chi connectivity index (χ0v) is 24.4. The van der Waals surface area contributed by atoms with Gasteiger partial charge in [-0.25, -0.2) is 0 Å². The fourth-order valence-electron chi connectivity index (χ4n) is 3.77. The normalized spacial score (nSPS) is 12.2. The number of phenolic OH excluding ortho intramolecular Hbond substituents is 2. The summed E-state index contributed by atoms with van der Waals surface area (Å²) >= 11 is 0. The molecule has 26 heteroatoms. The average Bonchev–Trinajstić information content (AvgIpc) is 2.89. The molecule has 0 aromatic heterocycles. The summed E-state index contributed by atoms with van der Waals surface area (Å²) in [5, 5.41) is 34.5. The Morgan fingerprint density at radius 3 is 1.02 bits per heavy atom. The standard InChI is InChI=1S/C22H16N4O14S4.4Na.4H/c27-21-18-11(9-16(43(35,36)37)19(21)25-23-12-5-1-3-7-14(12)41(29,30)31)10-17(44(38,39)40)20(22(18)28)26-24-13-6-2-4-8-15(13)42(32,33)34;;;;;;;;/h1-10,27-28H,(H,29,30,31)(H,32,33,34)(H,35,36,37)(H,38,39,40);;;;;;;;.